The SMILES string of the molecule is COc1cccc2c(Br)c(C)sc12. The number of methoxy groups -OCH3 is 1. The van der Waals surface area contributed by atoms with Crippen molar-refractivity contribution in [2.45, 2.75) is 6.92 Å². The van der Waals surface area contributed by atoms with Gasteiger partial charge in [-0.1, -0.05) is 12.1 Å². The van der Waals surface area contributed by atoms with Crippen LogP contribution in [0, 0.1) is 6.92 Å². The molecule has 0 spiro atoms. The van der Waals surface area contributed by atoms with Crippen molar-refractivity contribution in [1.29, 1.82) is 0 Å². The molecular weight excluding hydrogens is 248 g/mol. The summed E-state index contributed by atoms with van der Waals surface area (Å²) in [6.45, 7) is 2.11. The van der Waals surface area contributed by atoms with Crippen LogP contribution in [0.1, 0.15) is 4.88 Å². The van der Waals surface area contributed by atoms with Gasteiger partial charge in [0.05, 0.1) is 11.8 Å². The van der Waals surface area contributed by atoms with E-state index >= 15 is 0 Å². The third-order valence-corrected chi connectivity index (χ3v) is 4.42. The Bertz CT molecular complexity index is 447. The van der Waals surface area contributed by atoms with Crippen molar-refractivity contribution in [2.24, 2.45) is 0 Å². The van der Waals surface area contributed by atoms with Crippen molar-refractivity contribution >= 4 is 37.4 Å². The third kappa shape index (κ3) is 1.36. The number of rotatable bonds is 1. The molecule has 1 aromatic carbocycles. The summed E-state index contributed by atoms with van der Waals surface area (Å²) in [5.74, 6) is 0.955. The predicted octanol–water partition coefficient (Wildman–Crippen LogP) is 3.98. The number of hydrogen-bond donors (Lipinski definition) is 0. The quantitative estimate of drug-likeness (QED) is 0.750. The Morgan fingerprint density at radius 2 is 2.15 bits per heavy atom. The van der Waals surface area contributed by atoms with Crippen LogP contribution in [0.3, 0.4) is 0 Å². The van der Waals surface area contributed by atoms with Gasteiger partial charge in [-0.15, -0.1) is 11.3 Å². The van der Waals surface area contributed by atoms with E-state index in [0.29, 0.717) is 0 Å². The highest BCUT2D eigenvalue weighted by atomic mass is 79.9. The fourth-order valence-corrected chi connectivity index (χ4v) is 3.08. The van der Waals surface area contributed by atoms with Crippen molar-refractivity contribution in [3.05, 3.63) is 27.5 Å². The number of aryl methyl sites for hydroxylation is 1. The van der Waals surface area contributed by atoms with Gasteiger partial charge in [-0.2, -0.15) is 0 Å². The number of fused-ring (bicyclic) bond motifs is 1. The Labute approximate surface area is 89.5 Å². The van der Waals surface area contributed by atoms with Gasteiger partial charge in [-0.05, 0) is 28.9 Å². The second-order valence-electron chi connectivity index (χ2n) is 2.81. The zero-order chi connectivity index (χ0) is 9.42. The van der Waals surface area contributed by atoms with Gasteiger partial charge >= 0.3 is 0 Å². The molecule has 0 saturated heterocycles. The van der Waals surface area contributed by atoms with Gasteiger partial charge in [0.1, 0.15) is 5.75 Å². The lowest BCUT2D eigenvalue weighted by Crippen LogP contribution is -1.80. The van der Waals surface area contributed by atoms with Crippen molar-refractivity contribution in [3.8, 4) is 5.75 Å². The average molecular weight is 257 g/mol. The normalized spacial score (nSPS) is 10.7. The maximum absolute atomic E-state index is 5.29. The number of thiophene rings is 1. The van der Waals surface area contributed by atoms with E-state index in [1.54, 1.807) is 18.4 Å². The van der Waals surface area contributed by atoms with Crippen LogP contribution < -0.4 is 4.74 Å². The van der Waals surface area contributed by atoms with Crippen LogP contribution in [0.15, 0.2) is 22.7 Å². The first-order valence-electron chi connectivity index (χ1n) is 3.95. The summed E-state index contributed by atoms with van der Waals surface area (Å²) >= 11 is 5.33. The molecular formula is C10H9BrOS. The van der Waals surface area contributed by atoms with Crippen LogP contribution in [0.25, 0.3) is 10.1 Å². The lowest BCUT2D eigenvalue weighted by molar-refractivity contribution is 0.420. The van der Waals surface area contributed by atoms with E-state index < -0.39 is 0 Å². The second kappa shape index (κ2) is 3.31. The molecule has 1 nitrogen and oxygen atoms in total. The van der Waals surface area contributed by atoms with Crippen LogP contribution in [0.2, 0.25) is 0 Å². The highest BCUT2D eigenvalue weighted by Gasteiger charge is 2.09. The molecule has 0 aliphatic heterocycles. The van der Waals surface area contributed by atoms with Gasteiger partial charge < -0.3 is 4.74 Å². The van der Waals surface area contributed by atoms with Gasteiger partial charge in [0, 0.05) is 14.7 Å². The summed E-state index contributed by atoms with van der Waals surface area (Å²) in [5.41, 5.74) is 0. The second-order valence-corrected chi connectivity index (χ2v) is 4.83. The Morgan fingerprint density at radius 3 is 2.85 bits per heavy atom. The minimum Gasteiger partial charge on any atom is -0.495 e. The fourth-order valence-electron chi connectivity index (χ4n) is 1.34. The fraction of sp³-hybridized carbons (Fsp3) is 0.200. The molecule has 0 saturated carbocycles. The molecule has 1 aromatic heterocycles. The summed E-state index contributed by atoms with van der Waals surface area (Å²) < 4.78 is 7.69. The van der Waals surface area contributed by atoms with E-state index in [4.69, 9.17) is 4.74 Å². The molecule has 13 heavy (non-hydrogen) atoms. The van der Waals surface area contributed by atoms with E-state index in [9.17, 15) is 0 Å². The molecule has 0 bridgehead atoms. The largest absolute Gasteiger partial charge is 0.495 e. The molecule has 1 heterocycles. The van der Waals surface area contributed by atoms with Crippen molar-refractivity contribution in [1.82, 2.24) is 0 Å². The first-order chi connectivity index (χ1) is 6.24. The number of hydrogen-bond acceptors (Lipinski definition) is 2. The molecule has 0 N–H and O–H groups in total. The monoisotopic (exact) mass is 256 g/mol. The van der Waals surface area contributed by atoms with Crippen LogP contribution >= 0.6 is 27.3 Å². The maximum Gasteiger partial charge on any atom is 0.136 e. The Morgan fingerprint density at radius 1 is 1.38 bits per heavy atom. The van der Waals surface area contributed by atoms with Gasteiger partial charge in [-0.25, -0.2) is 0 Å². The molecule has 2 rings (SSSR count). The van der Waals surface area contributed by atoms with Gasteiger partial charge in [0.2, 0.25) is 0 Å². The standard InChI is InChI=1S/C10H9BrOS/c1-6-9(11)7-4-3-5-8(12-2)10(7)13-6/h3-5H,1-2H3. The molecule has 0 aliphatic carbocycles. The van der Waals surface area contributed by atoms with Gasteiger partial charge in [0.15, 0.2) is 0 Å². The molecule has 0 amide bonds. The average Bonchev–Trinajstić information content (AvgIpc) is 2.43. The van der Waals surface area contributed by atoms with E-state index in [0.717, 1.165) is 5.75 Å². The summed E-state index contributed by atoms with van der Waals surface area (Å²) in [7, 11) is 1.71. The predicted molar refractivity (Wildman–Crippen MR) is 60.8 cm³/mol. The van der Waals surface area contributed by atoms with Crippen LogP contribution in [-0.2, 0) is 0 Å². The van der Waals surface area contributed by atoms with E-state index in [2.05, 4.69) is 28.9 Å². The Hall–Kier alpha value is -0.540. The lowest BCUT2D eigenvalue weighted by atomic mass is 10.2. The lowest BCUT2D eigenvalue weighted by Gasteiger charge is -1.99. The molecule has 68 valence electrons. The molecule has 0 unspecified atom stereocenters. The first-order valence-corrected chi connectivity index (χ1v) is 5.56. The molecule has 0 fully saturated rings. The molecule has 0 aliphatic rings. The molecule has 0 radical (unpaired) electrons. The van der Waals surface area contributed by atoms with Crippen molar-refractivity contribution in [2.75, 3.05) is 7.11 Å². The summed E-state index contributed by atoms with van der Waals surface area (Å²) in [6, 6.07) is 6.11. The van der Waals surface area contributed by atoms with Crippen molar-refractivity contribution < 1.29 is 4.74 Å². The highest BCUT2D eigenvalue weighted by Crippen LogP contribution is 2.39. The van der Waals surface area contributed by atoms with E-state index in [1.807, 2.05) is 12.1 Å². The van der Waals surface area contributed by atoms with Crippen LogP contribution in [-0.4, -0.2) is 7.11 Å². The van der Waals surface area contributed by atoms with E-state index in [-0.39, 0.29) is 0 Å². The van der Waals surface area contributed by atoms with Gasteiger partial charge in [-0.3, -0.25) is 0 Å². The van der Waals surface area contributed by atoms with E-state index in [1.165, 1.54) is 19.4 Å². The number of benzene rings is 1. The number of ether oxygens (including phenoxy) is 1. The topological polar surface area (TPSA) is 9.23 Å². The van der Waals surface area contributed by atoms with Gasteiger partial charge in [0.25, 0.3) is 0 Å². The van der Waals surface area contributed by atoms with Crippen LogP contribution in [0.4, 0.5) is 0 Å². The molecule has 2 aromatic rings. The summed E-state index contributed by atoms with van der Waals surface area (Å²) in [5, 5.41) is 1.24. The smallest absolute Gasteiger partial charge is 0.136 e. The molecule has 3 heteroatoms. The zero-order valence-electron chi connectivity index (χ0n) is 7.43. The molecule has 0 atom stereocenters. The first kappa shape index (κ1) is 9.03. The Kier molecular flexibility index (Phi) is 2.30. The third-order valence-electron chi connectivity index (χ3n) is 2.00. The zero-order valence-corrected chi connectivity index (χ0v) is 9.83. The van der Waals surface area contributed by atoms with Crippen molar-refractivity contribution in [3.63, 3.8) is 0 Å². The minimum atomic E-state index is 0.955. The summed E-state index contributed by atoms with van der Waals surface area (Å²) in [6.07, 6.45) is 0. The maximum atomic E-state index is 5.29. The van der Waals surface area contributed by atoms with Crippen LogP contribution in [0.5, 0.6) is 5.75 Å². The number of halogens is 1. The Balaban J connectivity index is 2.84. The minimum absolute atomic E-state index is 0.955. The summed E-state index contributed by atoms with van der Waals surface area (Å²) in [4.78, 5) is 1.29. The highest BCUT2D eigenvalue weighted by molar-refractivity contribution is 9.10.